The van der Waals surface area contributed by atoms with E-state index in [1.54, 1.807) is 24.3 Å². The van der Waals surface area contributed by atoms with Gasteiger partial charge in [0.25, 0.3) is 0 Å². The van der Waals surface area contributed by atoms with E-state index in [1.165, 1.54) is 11.0 Å². The number of hydrogen-bond acceptors (Lipinski definition) is 6. The lowest BCUT2D eigenvalue weighted by Gasteiger charge is -2.42. The summed E-state index contributed by atoms with van der Waals surface area (Å²) in [6, 6.07) is 32.1. The van der Waals surface area contributed by atoms with Gasteiger partial charge in [0, 0.05) is 11.4 Å². The van der Waals surface area contributed by atoms with Crippen LogP contribution in [0.15, 0.2) is 114 Å². The van der Waals surface area contributed by atoms with Crippen molar-refractivity contribution in [3.63, 3.8) is 0 Å². The number of fused-ring (bicyclic) bond motifs is 3. The highest BCUT2D eigenvalue weighted by atomic mass is 35.5. The molecule has 0 bridgehead atoms. The first kappa shape index (κ1) is 31.9. The molecule has 9 heteroatoms. The molecule has 4 aromatic rings. The Labute approximate surface area is 285 Å². The Kier molecular flexibility index (Phi) is 8.97. The fraction of sp³-hybridized carbons (Fsp3) is 0.231. The standard InChI is InChI=1S/C39H36BClN2O5/c1-24-20-32-37(39(46)43(38(32)45)30-16-14-29(15-17-30)42-28-10-6-3-7-11-28)33-23-40(47)48-35(36(24)33)19-13-26(25-8-4-2-5-9-25)21-27-12-18-31(44)22-34(27)41/h2-12,14-18,21-22,32-33,35,37,42,44,47H,13,19-20,23H2,1H3/b26-21-/t32-,33+,35-,37-/m1/s1. The molecule has 1 aliphatic carbocycles. The van der Waals surface area contributed by atoms with Crippen molar-refractivity contribution >= 4 is 59.2 Å². The Hall–Kier alpha value is -4.63. The van der Waals surface area contributed by atoms with Crippen LogP contribution in [-0.4, -0.2) is 35.2 Å². The molecule has 0 aromatic heterocycles. The number of phenolic OH excluding ortho intramolecular Hbond substituents is 1. The lowest BCUT2D eigenvalue weighted by molar-refractivity contribution is -0.122. The number of nitrogens with zero attached hydrogens (tertiary/aromatic N) is 1. The van der Waals surface area contributed by atoms with Crippen molar-refractivity contribution in [3.05, 3.63) is 130 Å². The van der Waals surface area contributed by atoms with Crippen molar-refractivity contribution < 1.29 is 24.4 Å². The number of anilines is 3. The number of carbonyl (C=O) groups excluding carboxylic acids is 2. The molecule has 3 aliphatic rings. The van der Waals surface area contributed by atoms with Gasteiger partial charge in [0.1, 0.15) is 5.75 Å². The van der Waals surface area contributed by atoms with Crippen LogP contribution >= 0.6 is 11.6 Å². The molecule has 4 atom stereocenters. The van der Waals surface area contributed by atoms with Gasteiger partial charge in [0.05, 0.1) is 28.6 Å². The summed E-state index contributed by atoms with van der Waals surface area (Å²) in [5.74, 6) is -1.64. The van der Waals surface area contributed by atoms with Crippen LogP contribution in [0, 0.1) is 17.8 Å². The molecule has 2 amide bonds. The summed E-state index contributed by atoms with van der Waals surface area (Å²) in [5, 5.41) is 24.6. The molecule has 7 nitrogen and oxygen atoms in total. The highest BCUT2D eigenvalue weighted by Crippen LogP contribution is 2.51. The minimum atomic E-state index is -1.05. The van der Waals surface area contributed by atoms with E-state index >= 15 is 0 Å². The first-order chi connectivity index (χ1) is 23.3. The molecule has 4 aromatic carbocycles. The summed E-state index contributed by atoms with van der Waals surface area (Å²) in [7, 11) is -1.05. The molecule has 48 heavy (non-hydrogen) atoms. The number of amides is 2. The molecule has 2 heterocycles. The van der Waals surface area contributed by atoms with E-state index in [-0.39, 0.29) is 29.8 Å². The zero-order chi connectivity index (χ0) is 33.4. The largest absolute Gasteiger partial charge is 0.508 e. The smallest absolute Gasteiger partial charge is 0.455 e. The van der Waals surface area contributed by atoms with Crippen LogP contribution < -0.4 is 10.2 Å². The second-order valence-electron chi connectivity index (χ2n) is 12.8. The minimum Gasteiger partial charge on any atom is -0.508 e. The van der Waals surface area contributed by atoms with Gasteiger partial charge in [-0.1, -0.05) is 65.7 Å². The van der Waals surface area contributed by atoms with Gasteiger partial charge in [0.15, 0.2) is 0 Å². The molecule has 0 saturated carbocycles. The number of carbonyl (C=O) groups is 2. The third-order valence-electron chi connectivity index (χ3n) is 9.77. The number of imide groups is 1. The summed E-state index contributed by atoms with van der Waals surface area (Å²) in [6.45, 7) is 2.03. The summed E-state index contributed by atoms with van der Waals surface area (Å²) < 4.78 is 6.18. The summed E-state index contributed by atoms with van der Waals surface area (Å²) in [4.78, 5) is 29.3. The number of hydrogen-bond donors (Lipinski definition) is 3. The third kappa shape index (κ3) is 6.31. The quantitative estimate of drug-likeness (QED) is 0.0765. The predicted molar refractivity (Wildman–Crippen MR) is 191 cm³/mol. The van der Waals surface area contributed by atoms with Crippen LogP contribution in [0.5, 0.6) is 5.75 Å². The first-order valence-corrected chi connectivity index (χ1v) is 16.7. The molecule has 0 spiro atoms. The van der Waals surface area contributed by atoms with Gasteiger partial charge in [-0.25, -0.2) is 0 Å². The summed E-state index contributed by atoms with van der Waals surface area (Å²) >= 11 is 6.48. The van der Waals surface area contributed by atoms with E-state index in [2.05, 4.69) is 5.32 Å². The number of phenols is 1. The van der Waals surface area contributed by atoms with Crippen LogP contribution in [0.2, 0.25) is 11.3 Å². The van der Waals surface area contributed by atoms with Gasteiger partial charge >= 0.3 is 7.12 Å². The number of rotatable bonds is 8. The lowest BCUT2D eigenvalue weighted by Crippen LogP contribution is -2.46. The zero-order valence-corrected chi connectivity index (χ0v) is 27.3. The van der Waals surface area contributed by atoms with Gasteiger partial charge in [-0.05, 0) is 121 Å². The van der Waals surface area contributed by atoms with Crippen LogP contribution in [0.1, 0.15) is 37.3 Å². The Morgan fingerprint density at radius 3 is 2.33 bits per heavy atom. The van der Waals surface area contributed by atoms with Crippen molar-refractivity contribution in [1.82, 2.24) is 0 Å². The molecular weight excluding hydrogens is 623 g/mol. The van der Waals surface area contributed by atoms with Crippen molar-refractivity contribution in [3.8, 4) is 5.75 Å². The third-order valence-corrected chi connectivity index (χ3v) is 10.1. The normalized spacial score (nSPS) is 22.5. The molecule has 2 aliphatic heterocycles. The van der Waals surface area contributed by atoms with Crippen molar-refractivity contribution in [1.29, 1.82) is 0 Å². The molecule has 242 valence electrons. The van der Waals surface area contributed by atoms with E-state index in [0.717, 1.165) is 39.2 Å². The Balaban J connectivity index is 1.13. The SMILES string of the molecule is CC1=C2[C@@H](CC/C(=C/c3ccc(O)cc3Cl)c3ccccc3)OB(O)C[C@@H]2[C@@H]2C(=O)N(c3ccc(Nc4ccccc4)cc3)C(=O)[C@@H]2C1. The van der Waals surface area contributed by atoms with Gasteiger partial charge in [-0.3, -0.25) is 14.5 Å². The van der Waals surface area contributed by atoms with Crippen LogP contribution in [0.3, 0.4) is 0 Å². The molecule has 0 unspecified atom stereocenters. The zero-order valence-electron chi connectivity index (χ0n) is 26.6. The predicted octanol–water partition coefficient (Wildman–Crippen LogP) is 8.13. The van der Waals surface area contributed by atoms with Gasteiger partial charge < -0.3 is 20.1 Å². The summed E-state index contributed by atoms with van der Waals surface area (Å²) in [5.41, 5.74) is 7.27. The molecule has 3 N–H and O–H groups in total. The van der Waals surface area contributed by atoms with Crippen LogP contribution in [-0.2, 0) is 14.2 Å². The van der Waals surface area contributed by atoms with Crippen LogP contribution in [0.25, 0.3) is 11.6 Å². The van der Waals surface area contributed by atoms with Crippen molar-refractivity contribution in [2.24, 2.45) is 17.8 Å². The van der Waals surface area contributed by atoms with E-state index in [9.17, 15) is 19.7 Å². The van der Waals surface area contributed by atoms with E-state index in [4.69, 9.17) is 16.3 Å². The average molecular weight is 659 g/mol. The number of para-hydroxylation sites is 1. The Bertz CT molecular complexity index is 1900. The highest BCUT2D eigenvalue weighted by Gasteiger charge is 2.57. The minimum absolute atomic E-state index is 0.0997. The lowest BCUT2D eigenvalue weighted by atomic mass is 9.58. The number of aromatic hydroxyl groups is 1. The molecule has 2 fully saturated rings. The monoisotopic (exact) mass is 658 g/mol. The Morgan fingerprint density at radius 1 is 0.938 bits per heavy atom. The van der Waals surface area contributed by atoms with E-state index < -0.39 is 25.1 Å². The highest BCUT2D eigenvalue weighted by molar-refractivity contribution is 6.43. The second-order valence-corrected chi connectivity index (χ2v) is 13.2. The van der Waals surface area contributed by atoms with Gasteiger partial charge in [-0.2, -0.15) is 0 Å². The number of halogens is 1. The average Bonchev–Trinajstić information content (AvgIpc) is 3.33. The van der Waals surface area contributed by atoms with E-state index in [0.29, 0.717) is 30.0 Å². The van der Waals surface area contributed by atoms with Crippen molar-refractivity contribution in [2.45, 2.75) is 38.6 Å². The van der Waals surface area contributed by atoms with Crippen LogP contribution in [0.4, 0.5) is 17.1 Å². The fourth-order valence-corrected chi connectivity index (χ4v) is 7.85. The maximum absolute atomic E-state index is 14.1. The van der Waals surface area contributed by atoms with Crippen molar-refractivity contribution in [2.75, 3.05) is 10.2 Å². The Morgan fingerprint density at radius 2 is 1.62 bits per heavy atom. The number of benzene rings is 4. The first-order valence-electron chi connectivity index (χ1n) is 16.3. The maximum atomic E-state index is 14.1. The van der Waals surface area contributed by atoms with Gasteiger partial charge in [-0.15, -0.1) is 0 Å². The fourth-order valence-electron chi connectivity index (χ4n) is 7.62. The topological polar surface area (TPSA) is 99.1 Å². The molecular formula is C39H36BClN2O5. The molecule has 0 radical (unpaired) electrons. The number of allylic oxidation sites excluding steroid dienone is 2. The number of nitrogens with one attached hydrogen (secondary N) is 1. The second kappa shape index (κ2) is 13.5. The van der Waals surface area contributed by atoms with E-state index in [1.807, 2.05) is 85.8 Å². The molecule has 2 saturated heterocycles. The molecule has 7 rings (SSSR count). The maximum Gasteiger partial charge on any atom is 0.455 e. The van der Waals surface area contributed by atoms with Gasteiger partial charge in [0.2, 0.25) is 11.8 Å². The summed E-state index contributed by atoms with van der Waals surface area (Å²) in [6.07, 6.45) is 3.52.